The number of halogens is 1. The van der Waals surface area contributed by atoms with Crippen molar-refractivity contribution in [3.8, 4) is 0 Å². The number of nitrogens with zero attached hydrogens (tertiary/aromatic N) is 4. The molecule has 2 aromatic carbocycles. The van der Waals surface area contributed by atoms with Crippen LogP contribution in [0.1, 0.15) is 32.9 Å². The molecule has 1 amide bonds. The van der Waals surface area contributed by atoms with Gasteiger partial charge in [-0.05, 0) is 55.8 Å². The number of para-hydroxylation sites is 1. The van der Waals surface area contributed by atoms with Crippen LogP contribution in [0.2, 0.25) is 0 Å². The van der Waals surface area contributed by atoms with Crippen molar-refractivity contribution in [2.24, 2.45) is 0 Å². The maximum atomic E-state index is 14.3. The summed E-state index contributed by atoms with van der Waals surface area (Å²) >= 11 is 1.55. The van der Waals surface area contributed by atoms with Gasteiger partial charge >= 0.3 is 0 Å². The third-order valence-electron chi connectivity index (χ3n) is 6.68. The molecule has 0 radical (unpaired) electrons. The minimum absolute atomic E-state index is 0.146. The quantitative estimate of drug-likeness (QED) is 0.242. The zero-order valence-electron chi connectivity index (χ0n) is 21.5. The van der Waals surface area contributed by atoms with E-state index in [1.54, 1.807) is 36.2 Å². The highest BCUT2D eigenvalue weighted by atomic mass is 32.2. The Morgan fingerprint density at radius 3 is 2.55 bits per heavy atom. The van der Waals surface area contributed by atoms with Crippen LogP contribution in [0.15, 0.2) is 76.5 Å². The highest BCUT2D eigenvalue weighted by Gasteiger charge is 2.23. The van der Waals surface area contributed by atoms with Crippen molar-refractivity contribution in [1.29, 1.82) is 0 Å². The zero-order chi connectivity index (χ0) is 26.5. The number of thioether (sulfide) groups is 1. The van der Waals surface area contributed by atoms with E-state index in [9.17, 15) is 9.18 Å². The zero-order valence-corrected chi connectivity index (χ0v) is 22.3. The average Bonchev–Trinajstić information content (AvgIpc) is 3.47. The van der Waals surface area contributed by atoms with Crippen molar-refractivity contribution < 1.29 is 13.6 Å². The molecule has 0 aliphatic carbocycles. The fourth-order valence-electron chi connectivity index (χ4n) is 4.46. The molecule has 2 aromatic heterocycles. The molecular formula is C29H30FN5O2S. The molecule has 0 bridgehead atoms. The van der Waals surface area contributed by atoms with Gasteiger partial charge in [0.2, 0.25) is 0 Å². The van der Waals surface area contributed by atoms with E-state index in [1.165, 1.54) is 6.07 Å². The van der Waals surface area contributed by atoms with Crippen LogP contribution in [0.25, 0.3) is 0 Å². The van der Waals surface area contributed by atoms with Crippen LogP contribution in [-0.4, -0.2) is 42.1 Å². The van der Waals surface area contributed by atoms with Crippen LogP contribution in [0, 0.1) is 19.7 Å². The number of hydrogen-bond donors (Lipinski definition) is 1. The first-order valence-electron chi connectivity index (χ1n) is 12.6. The number of piperazine rings is 1. The van der Waals surface area contributed by atoms with Gasteiger partial charge in [0.1, 0.15) is 17.4 Å². The summed E-state index contributed by atoms with van der Waals surface area (Å²) in [6.45, 7) is 7.35. The van der Waals surface area contributed by atoms with Crippen molar-refractivity contribution in [1.82, 2.24) is 15.3 Å². The van der Waals surface area contributed by atoms with E-state index >= 15 is 0 Å². The molecule has 0 spiro atoms. The number of rotatable bonds is 8. The molecule has 7 nitrogen and oxygen atoms in total. The molecule has 5 rings (SSSR count). The molecule has 1 aliphatic rings. The predicted octanol–water partition coefficient (Wildman–Crippen LogP) is 5.37. The fraction of sp³-hybridized carbons (Fsp3) is 0.276. The van der Waals surface area contributed by atoms with Gasteiger partial charge < -0.3 is 19.5 Å². The Balaban J connectivity index is 1.22. The number of furan rings is 1. The Hall–Kier alpha value is -3.85. The summed E-state index contributed by atoms with van der Waals surface area (Å²) in [5, 5.41) is 3.58. The minimum Gasteiger partial charge on any atom is -0.467 e. The molecule has 4 aromatic rings. The van der Waals surface area contributed by atoms with Gasteiger partial charge in [-0.25, -0.2) is 14.4 Å². The molecule has 1 saturated heterocycles. The van der Waals surface area contributed by atoms with Gasteiger partial charge in [0.25, 0.3) is 5.91 Å². The molecule has 0 unspecified atom stereocenters. The summed E-state index contributed by atoms with van der Waals surface area (Å²) in [6, 6.07) is 18.1. The lowest BCUT2D eigenvalue weighted by Crippen LogP contribution is -2.47. The molecule has 1 N–H and O–H groups in total. The Kier molecular flexibility index (Phi) is 7.93. The Labute approximate surface area is 226 Å². The number of aromatic nitrogens is 2. The van der Waals surface area contributed by atoms with E-state index in [1.807, 2.05) is 50.2 Å². The van der Waals surface area contributed by atoms with Crippen molar-refractivity contribution in [3.63, 3.8) is 0 Å². The van der Waals surface area contributed by atoms with Gasteiger partial charge in [0.15, 0.2) is 5.16 Å². The van der Waals surface area contributed by atoms with E-state index in [-0.39, 0.29) is 11.7 Å². The summed E-state index contributed by atoms with van der Waals surface area (Å²) < 4.78 is 19.5. The normalized spacial score (nSPS) is 13.6. The lowest BCUT2D eigenvalue weighted by molar-refractivity contribution is 0.0948. The van der Waals surface area contributed by atoms with E-state index in [0.717, 1.165) is 48.8 Å². The van der Waals surface area contributed by atoms with Crippen LogP contribution in [0.5, 0.6) is 0 Å². The lowest BCUT2D eigenvalue weighted by Gasteiger charge is -2.37. The molecule has 0 atom stereocenters. The number of carbonyl (C=O) groups is 1. The van der Waals surface area contributed by atoms with Crippen LogP contribution in [0.4, 0.5) is 15.9 Å². The third kappa shape index (κ3) is 5.99. The minimum atomic E-state index is -0.187. The summed E-state index contributed by atoms with van der Waals surface area (Å²) in [5.41, 5.74) is 4.27. The number of amides is 1. The molecule has 1 fully saturated rings. The summed E-state index contributed by atoms with van der Waals surface area (Å²) in [6.07, 6.45) is 1.59. The monoisotopic (exact) mass is 531 g/mol. The summed E-state index contributed by atoms with van der Waals surface area (Å²) in [4.78, 5) is 26.5. The Morgan fingerprint density at radius 1 is 1.00 bits per heavy atom. The maximum absolute atomic E-state index is 14.3. The highest BCUT2D eigenvalue weighted by molar-refractivity contribution is 7.98. The fourth-order valence-corrected chi connectivity index (χ4v) is 5.29. The van der Waals surface area contributed by atoms with Gasteiger partial charge in [-0.1, -0.05) is 36.0 Å². The first-order valence-corrected chi connectivity index (χ1v) is 13.6. The van der Waals surface area contributed by atoms with Gasteiger partial charge in [0.05, 0.1) is 18.5 Å². The number of nitrogens with one attached hydrogen (secondary N) is 1. The second-order valence-electron chi connectivity index (χ2n) is 9.22. The number of anilines is 2. The molecule has 9 heteroatoms. The molecular weight excluding hydrogens is 501 g/mol. The second kappa shape index (κ2) is 11.7. The second-order valence-corrected chi connectivity index (χ2v) is 10.2. The molecule has 0 saturated carbocycles. The standard InChI is InChI=1S/C29H30FN5O2S/c1-20-21(2)32-29(33-27(20)35-14-12-34(13-15-35)26-11-4-3-10-25(26)30)38-19-22-7-5-8-23(17-22)28(36)31-18-24-9-6-16-37-24/h3-11,16-17H,12-15,18-19H2,1-2H3,(H,31,36). The molecule has 196 valence electrons. The van der Waals surface area contributed by atoms with Crippen LogP contribution < -0.4 is 15.1 Å². The summed E-state index contributed by atoms with van der Waals surface area (Å²) in [7, 11) is 0. The van der Waals surface area contributed by atoms with Crippen molar-refractivity contribution in [2.45, 2.75) is 31.3 Å². The summed E-state index contributed by atoms with van der Waals surface area (Å²) in [5.74, 6) is 1.95. The van der Waals surface area contributed by atoms with E-state index < -0.39 is 0 Å². The third-order valence-corrected chi connectivity index (χ3v) is 7.59. The topological polar surface area (TPSA) is 74.5 Å². The van der Waals surface area contributed by atoms with E-state index in [0.29, 0.717) is 34.5 Å². The smallest absolute Gasteiger partial charge is 0.251 e. The number of benzene rings is 2. The number of aryl methyl sites for hydroxylation is 1. The molecule has 1 aliphatic heterocycles. The van der Waals surface area contributed by atoms with Crippen molar-refractivity contribution in [2.75, 3.05) is 36.0 Å². The van der Waals surface area contributed by atoms with Gasteiger partial charge in [-0.15, -0.1) is 0 Å². The Morgan fingerprint density at radius 2 is 1.79 bits per heavy atom. The first kappa shape index (κ1) is 25.8. The lowest BCUT2D eigenvalue weighted by atomic mass is 10.1. The predicted molar refractivity (Wildman–Crippen MR) is 148 cm³/mol. The van der Waals surface area contributed by atoms with Crippen molar-refractivity contribution in [3.05, 3.63) is 101 Å². The van der Waals surface area contributed by atoms with Crippen LogP contribution in [0.3, 0.4) is 0 Å². The average molecular weight is 532 g/mol. The Bertz CT molecular complexity index is 1400. The first-order chi connectivity index (χ1) is 18.5. The molecule has 38 heavy (non-hydrogen) atoms. The largest absolute Gasteiger partial charge is 0.467 e. The van der Waals surface area contributed by atoms with E-state index in [4.69, 9.17) is 14.4 Å². The molecule has 3 heterocycles. The number of carbonyl (C=O) groups excluding carboxylic acids is 1. The number of hydrogen-bond acceptors (Lipinski definition) is 7. The van der Waals surface area contributed by atoms with Gasteiger partial charge in [0, 0.05) is 48.8 Å². The van der Waals surface area contributed by atoms with E-state index in [2.05, 4.69) is 15.1 Å². The highest BCUT2D eigenvalue weighted by Crippen LogP contribution is 2.28. The SMILES string of the molecule is Cc1nc(SCc2cccc(C(=O)NCc3ccco3)c2)nc(N2CCN(c3ccccc3F)CC2)c1C. The van der Waals surface area contributed by atoms with Crippen molar-refractivity contribution >= 4 is 29.2 Å². The van der Waals surface area contributed by atoms with Crippen LogP contribution >= 0.6 is 11.8 Å². The van der Waals surface area contributed by atoms with Gasteiger partial charge in [-0.2, -0.15) is 0 Å². The van der Waals surface area contributed by atoms with Gasteiger partial charge in [-0.3, -0.25) is 4.79 Å². The maximum Gasteiger partial charge on any atom is 0.251 e. The van der Waals surface area contributed by atoms with Crippen LogP contribution in [-0.2, 0) is 12.3 Å².